The van der Waals surface area contributed by atoms with Crippen LogP contribution in [0.3, 0.4) is 0 Å². The van der Waals surface area contributed by atoms with Crippen LogP contribution in [0.5, 0.6) is 5.75 Å². The number of aromatic nitrogens is 1. The summed E-state index contributed by atoms with van der Waals surface area (Å²) in [5.74, 6) is -0.456. The Morgan fingerprint density at radius 1 is 1.11 bits per heavy atom. The molecule has 0 unspecified atom stereocenters. The fourth-order valence-corrected chi connectivity index (χ4v) is 4.44. The van der Waals surface area contributed by atoms with Crippen LogP contribution < -0.4 is 4.74 Å². The van der Waals surface area contributed by atoms with Crippen molar-refractivity contribution in [2.75, 3.05) is 26.7 Å². The molecule has 5 nitrogen and oxygen atoms in total. The summed E-state index contributed by atoms with van der Waals surface area (Å²) < 4.78 is 45.4. The molecule has 3 aromatic rings. The molecule has 1 aliphatic rings. The summed E-state index contributed by atoms with van der Waals surface area (Å²) in [5.41, 5.74) is 1.09. The van der Waals surface area contributed by atoms with Gasteiger partial charge in [-0.25, -0.2) is 0 Å². The molecule has 0 radical (unpaired) electrons. The number of hydrogen-bond acceptors (Lipinski definition) is 4. The van der Waals surface area contributed by atoms with Crippen LogP contribution >= 0.6 is 11.6 Å². The van der Waals surface area contributed by atoms with Gasteiger partial charge >= 0.3 is 6.18 Å². The number of hydrogen-bond donors (Lipinski definition) is 0. The molecule has 9 heteroatoms. The van der Waals surface area contributed by atoms with Crippen LogP contribution in [0.2, 0.25) is 5.02 Å². The van der Waals surface area contributed by atoms with E-state index in [2.05, 4.69) is 9.88 Å². The highest BCUT2D eigenvalue weighted by Gasteiger charge is 2.35. The smallest absolute Gasteiger partial charge is 0.416 e. The number of alkyl halides is 3. The second-order valence-corrected chi connectivity index (χ2v) is 8.96. The Kier molecular flexibility index (Phi) is 7.62. The van der Waals surface area contributed by atoms with Gasteiger partial charge in [0.2, 0.25) is 0 Å². The van der Waals surface area contributed by atoms with Gasteiger partial charge in [0.1, 0.15) is 5.75 Å². The van der Waals surface area contributed by atoms with Crippen molar-refractivity contribution in [1.82, 2.24) is 14.8 Å². The first-order valence-electron chi connectivity index (χ1n) is 11.2. The zero-order valence-corrected chi connectivity index (χ0v) is 19.9. The second-order valence-electron chi connectivity index (χ2n) is 8.53. The van der Waals surface area contributed by atoms with Crippen LogP contribution in [0.15, 0.2) is 67.0 Å². The highest BCUT2D eigenvalue weighted by atomic mass is 35.5. The first-order chi connectivity index (χ1) is 16.7. The Morgan fingerprint density at radius 3 is 2.54 bits per heavy atom. The van der Waals surface area contributed by atoms with E-state index in [4.69, 9.17) is 16.3 Å². The zero-order chi connectivity index (χ0) is 25.0. The van der Waals surface area contributed by atoms with E-state index < -0.39 is 17.6 Å². The van der Waals surface area contributed by atoms with Crippen molar-refractivity contribution in [3.8, 4) is 5.75 Å². The quantitative estimate of drug-likeness (QED) is 0.456. The minimum atomic E-state index is -4.59. The van der Waals surface area contributed by atoms with E-state index in [1.54, 1.807) is 29.4 Å². The second kappa shape index (κ2) is 10.7. The molecule has 1 saturated heterocycles. The number of rotatable bonds is 6. The number of nitrogens with zero attached hydrogens (tertiary/aromatic N) is 3. The van der Waals surface area contributed by atoms with Crippen LogP contribution in [0.4, 0.5) is 13.2 Å². The topological polar surface area (TPSA) is 45.7 Å². The van der Waals surface area contributed by atoms with E-state index in [1.165, 1.54) is 13.2 Å². The van der Waals surface area contributed by atoms with E-state index in [-0.39, 0.29) is 17.4 Å². The molecule has 2 heterocycles. The molecule has 1 fully saturated rings. The monoisotopic (exact) mass is 503 g/mol. The molecule has 2 aromatic carbocycles. The lowest BCUT2D eigenvalue weighted by Crippen LogP contribution is -2.55. The van der Waals surface area contributed by atoms with Crippen LogP contribution in [0, 0.1) is 0 Å². The Hall–Kier alpha value is -3.10. The van der Waals surface area contributed by atoms with Crippen molar-refractivity contribution < 1.29 is 22.7 Å². The van der Waals surface area contributed by atoms with Gasteiger partial charge in [-0.3, -0.25) is 14.7 Å². The van der Waals surface area contributed by atoms with Gasteiger partial charge in [0.05, 0.1) is 12.7 Å². The molecule has 1 atom stereocenters. The first kappa shape index (κ1) is 25.0. The normalized spacial score (nSPS) is 16.8. The molecule has 0 saturated carbocycles. The summed E-state index contributed by atoms with van der Waals surface area (Å²) in [6.07, 6.45) is -0.523. The Bertz CT molecular complexity index is 1160. The van der Waals surface area contributed by atoms with Crippen LogP contribution in [0.25, 0.3) is 0 Å². The summed E-state index contributed by atoms with van der Waals surface area (Å²) in [7, 11) is 1.28. The maximum atomic E-state index is 13.5. The lowest BCUT2D eigenvalue weighted by molar-refractivity contribution is -0.137. The fourth-order valence-electron chi connectivity index (χ4n) is 4.32. The van der Waals surface area contributed by atoms with Gasteiger partial charge in [-0.05, 0) is 53.9 Å². The number of amides is 1. The lowest BCUT2D eigenvalue weighted by atomic mass is 10.00. The van der Waals surface area contributed by atoms with E-state index in [9.17, 15) is 18.0 Å². The number of halogens is 4. The molecule has 184 valence electrons. The van der Waals surface area contributed by atoms with Gasteiger partial charge in [-0.15, -0.1) is 0 Å². The van der Waals surface area contributed by atoms with Gasteiger partial charge in [0.15, 0.2) is 0 Å². The van der Waals surface area contributed by atoms with Crippen molar-refractivity contribution in [2.45, 2.75) is 25.2 Å². The van der Waals surface area contributed by atoms with Crippen LogP contribution in [-0.2, 0) is 19.1 Å². The third-order valence-electron chi connectivity index (χ3n) is 6.06. The van der Waals surface area contributed by atoms with Crippen molar-refractivity contribution in [1.29, 1.82) is 0 Å². The number of piperazine rings is 1. The number of carbonyl (C=O) groups is 1. The van der Waals surface area contributed by atoms with E-state index in [1.807, 2.05) is 24.3 Å². The zero-order valence-electron chi connectivity index (χ0n) is 19.1. The molecule has 0 N–H and O–H groups in total. The van der Waals surface area contributed by atoms with Gasteiger partial charge < -0.3 is 9.64 Å². The SMILES string of the molecule is COc1cc(C(=O)N2CCN(Cc3cccnc3)C[C@H]2Cc2ccc(Cl)cc2)cc(C(F)(F)F)c1. The van der Waals surface area contributed by atoms with E-state index >= 15 is 0 Å². The predicted octanol–water partition coefficient (Wildman–Crippen LogP) is 5.33. The molecule has 0 spiro atoms. The van der Waals surface area contributed by atoms with Crippen molar-refractivity contribution in [3.05, 3.63) is 94.3 Å². The maximum absolute atomic E-state index is 13.5. The first-order valence-corrected chi connectivity index (χ1v) is 11.5. The van der Waals surface area contributed by atoms with Crippen molar-refractivity contribution >= 4 is 17.5 Å². The summed E-state index contributed by atoms with van der Waals surface area (Å²) in [6, 6.07) is 14.2. The Labute approximate surface area is 207 Å². The molecule has 0 aliphatic carbocycles. The molecule has 35 heavy (non-hydrogen) atoms. The highest BCUT2D eigenvalue weighted by molar-refractivity contribution is 6.30. The Morgan fingerprint density at radius 2 is 1.89 bits per heavy atom. The van der Waals surface area contributed by atoms with Gasteiger partial charge in [0, 0.05) is 55.2 Å². The summed E-state index contributed by atoms with van der Waals surface area (Å²) >= 11 is 6.02. The van der Waals surface area contributed by atoms with E-state index in [0.29, 0.717) is 37.6 Å². The van der Waals surface area contributed by atoms with Gasteiger partial charge in [-0.1, -0.05) is 29.8 Å². The minimum absolute atomic E-state index is 0.00681. The summed E-state index contributed by atoms with van der Waals surface area (Å²) in [6.45, 7) is 2.22. The minimum Gasteiger partial charge on any atom is -0.497 e. The summed E-state index contributed by atoms with van der Waals surface area (Å²) in [5, 5.41) is 0.611. The molecule has 1 aliphatic heterocycles. The maximum Gasteiger partial charge on any atom is 0.416 e. The van der Waals surface area contributed by atoms with Gasteiger partial charge in [-0.2, -0.15) is 13.2 Å². The van der Waals surface area contributed by atoms with Crippen LogP contribution in [0.1, 0.15) is 27.0 Å². The Balaban J connectivity index is 1.61. The fraction of sp³-hybridized carbons (Fsp3) is 0.308. The molecular formula is C26H25ClF3N3O2. The standard InChI is InChI=1S/C26H25ClF3N3O2/c1-35-24-13-20(12-21(14-24)26(28,29)30)25(34)33-10-9-32(16-19-3-2-8-31-15-19)17-23(33)11-18-4-6-22(27)7-5-18/h2-8,12-15,23H,9-11,16-17H2,1H3/t23-/m1/s1. The molecular weight excluding hydrogens is 479 g/mol. The number of pyridine rings is 1. The van der Waals surface area contributed by atoms with Gasteiger partial charge in [0.25, 0.3) is 5.91 Å². The lowest BCUT2D eigenvalue weighted by Gasteiger charge is -2.42. The predicted molar refractivity (Wildman–Crippen MR) is 127 cm³/mol. The van der Waals surface area contributed by atoms with Crippen molar-refractivity contribution in [3.63, 3.8) is 0 Å². The molecule has 1 aromatic heterocycles. The highest BCUT2D eigenvalue weighted by Crippen LogP contribution is 2.33. The largest absolute Gasteiger partial charge is 0.497 e. The van der Waals surface area contributed by atoms with Crippen LogP contribution in [-0.4, -0.2) is 53.5 Å². The molecule has 0 bridgehead atoms. The third kappa shape index (κ3) is 6.32. The number of carbonyl (C=O) groups excluding carboxylic acids is 1. The summed E-state index contributed by atoms with van der Waals surface area (Å²) in [4.78, 5) is 21.6. The van der Waals surface area contributed by atoms with E-state index in [0.717, 1.165) is 23.3 Å². The number of benzene rings is 2. The number of methoxy groups -OCH3 is 1. The third-order valence-corrected chi connectivity index (χ3v) is 6.31. The average molecular weight is 504 g/mol. The van der Waals surface area contributed by atoms with Crippen molar-refractivity contribution in [2.24, 2.45) is 0 Å². The average Bonchev–Trinajstić information content (AvgIpc) is 2.85. The molecule has 1 amide bonds. The molecule has 4 rings (SSSR count). The number of ether oxygens (including phenoxy) is 1.